The maximum absolute atomic E-state index is 13.0. The van der Waals surface area contributed by atoms with Crippen molar-refractivity contribution in [2.45, 2.75) is 17.7 Å². The van der Waals surface area contributed by atoms with Crippen LogP contribution in [-0.4, -0.2) is 14.3 Å². The van der Waals surface area contributed by atoms with Gasteiger partial charge in [0.25, 0.3) is 0 Å². The van der Waals surface area contributed by atoms with Crippen LogP contribution in [0.15, 0.2) is 47.4 Å². The number of aryl methyl sites for hydroxylation is 1. The highest BCUT2D eigenvalue weighted by molar-refractivity contribution is 7.89. The van der Waals surface area contributed by atoms with E-state index < -0.39 is 21.7 Å². The topological polar surface area (TPSA) is 89.3 Å². The lowest BCUT2D eigenvalue weighted by Gasteiger charge is -2.06. The smallest absolute Gasteiger partial charge is 0.238 e. The number of carbonyl (C=O) groups excluding carboxylic acids is 1. The minimum Gasteiger partial charge on any atom is -0.326 e. The Morgan fingerprint density at radius 2 is 1.70 bits per heavy atom. The van der Waals surface area contributed by atoms with Gasteiger partial charge in [-0.2, -0.15) is 0 Å². The largest absolute Gasteiger partial charge is 0.326 e. The lowest BCUT2D eigenvalue weighted by molar-refractivity contribution is -0.116. The Bertz CT molecular complexity index is 821. The molecule has 2 aromatic carbocycles. The van der Waals surface area contributed by atoms with E-state index in [0.717, 1.165) is 17.7 Å². The minimum atomic E-state index is -3.74. The summed E-state index contributed by atoms with van der Waals surface area (Å²) in [4.78, 5) is 11.8. The second-order valence-corrected chi connectivity index (χ2v) is 6.43. The van der Waals surface area contributed by atoms with Crippen molar-refractivity contribution in [1.82, 2.24) is 0 Å². The minimum absolute atomic E-state index is 0.00695. The van der Waals surface area contributed by atoms with Crippen LogP contribution in [0.1, 0.15) is 12.0 Å². The Morgan fingerprint density at radius 1 is 1.04 bits per heavy atom. The van der Waals surface area contributed by atoms with E-state index in [1.165, 1.54) is 18.2 Å². The van der Waals surface area contributed by atoms with Gasteiger partial charge >= 0.3 is 0 Å². The quantitative estimate of drug-likeness (QED) is 0.874. The first kappa shape index (κ1) is 17.0. The fourth-order valence-corrected chi connectivity index (χ4v) is 2.42. The van der Waals surface area contributed by atoms with E-state index >= 15 is 0 Å². The third-order valence-corrected chi connectivity index (χ3v) is 4.03. The van der Waals surface area contributed by atoms with Crippen LogP contribution in [0, 0.1) is 11.6 Å². The maximum atomic E-state index is 13.0. The Morgan fingerprint density at radius 3 is 2.26 bits per heavy atom. The zero-order valence-corrected chi connectivity index (χ0v) is 12.7. The molecule has 2 aromatic rings. The second-order valence-electron chi connectivity index (χ2n) is 4.87. The SMILES string of the molecule is NS(=O)(=O)c1ccc(CCC(=O)Nc2ccc(F)c(F)c2)cc1. The molecule has 0 aromatic heterocycles. The summed E-state index contributed by atoms with van der Waals surface area (Å²) in [6.45, 7) is 0. The summed E-state index contributed by atoms with van der Waals surface area (Å²) in [5.74, 6) is -2.40. The number of hydrogen-bond acceptors (Lipinski definition) is 3. The number of anilines is 1. The molecule has 122 valence electrons. The molecule has 23 heavy (non-hydrogen) atoms. The van der Waals surface area contributed by atoms with Crippen LogP contribution in [0.2, 0.25) is 0 Å². The molecule has 0 spiro atoms. The van der Waals surface area contributed by atoms with Gasteiger partial charge in [0.05, 0.1) is 4.90 Å². The lowest BCUT2D eigenvalue weighted by Crippen LogP contribution is -2.13. The number of nitrogens with one attached hydrogen (secondary N) is 1. The molecule has 5 nitrogen and oxygen atoms in total. The zero-order valence-electron chi connectivity index (χ0n) is 11.9. The molecule has 0 unspecified atom stereocenters. The Labute approximate surface area is 132 Å². The number of amides is 1. The van der Waals surface area contributed by atoms with E-state index in [0.29, 0.717) is 6.42 Å². The van der Waals surface area contributed by atoms with Crippen molar-refractivity contribution in [1.29, 1.82) is 0 Å². The van der Waals surface area contributed by atoms with Crippen LogP contribution in [0.3, 0.4) is 0 Å². The van der Waals surface area contributed by atoms with Crippen molar-refractivity contribution in [2.75, 3.05) is 5.32 Å². The summed E-state index contributed by atoms with van der Waals surface area (Å²) >= 11 is 0. The second kappa shape index (κ2) is 6.84. The van der Waals surface area contributed by atoms with E-state index in [1.807, 2.05) is 0 Å². The van der Waals surface area contributed by atoms with Crippen LogP contribution in [0.4, 0.5) is 14.5 Å². The van der Waals surface area contributed by atoms with Crippen molar-refractivity contribution in [2.24, 2.45) is 5.14 Å². The molecule has 0 fully saturated rings. The van der Waals surface area contributed by atoms with Gasteiger partial charge in [-0.3, -0.25) is 4.79 Å². The van der Waals surface area contributed by atoms with E-state index in [1.54, 1.807) is 12.1 Å². The van der Waals surface area contributed by atoms with Gasteiger partial charge in [-0.25, -0.2) is 22.3 Å². The summed E-state index contributed by atoms with van der Waals surface area (Å²) in [6.07, 6.45) is 0.466. The van der Waals surface area contributed by atoms with Crippen molar-refractivity contribution in [3.05, 3.63) is 59.7 Å². The van der Waals surface area contributed by atoms with Gasteiger partial charge in [0, 0.05) is 18.2 Å². The molecule has 0 aliphatic rings. The predicted molar refractivity (Wildman–Crippen MR) is 81.1 cm³/mol. The van der Waals surface area contributed by atoms with Gasteiger partial charge in [-0.15, -0.1) is 0 Å². The first-order chi connectivity index (χ1) is 10.8. The molecular weight excluding hydrogens is 326 g/mol. The van der Waals surface area contributed by atoms with Gasteiger partial charge in [0.2, 0.25) is 15.9 Å². The van der Waals surface area contributed by atoms with Crippen molar-refractivity contribution >= 4 is 21.6 Å². The first-order valence-electron chi connectivity index (χ1n) is 6.62. The predicted octanol–water partition coefficient (Wildman–Crippen LogP) is 2.18. The molecular formula is C15H14F2N2O3S. The van der Waals surface area contributed by atoms with E-state index in [4.69, 9.17) is 5.14 Å². The normalized spacial score (nSPS) is 11.3. The zero-order chi connectivity index (χ0) is 17.0. The Balaban J connectivity index is 1.92. The monoisotopic (exact) mass is 340 g/mol. The fraction of sp³-hybridized carbons (Fsp3) is 0.133. The fourth-order valence-electron chi connectivity index (χ4n) is 1.90. The molecule has 3 N–H and O–H groups in total. The Hall–Kier alpha value is -2.32. The van der Waals surface area contributed by atoms with E-state index in [9.17, 15) is 22.0 Å². The highest BCUT2D eigenvalue weighted by atomic mass is 32.2. The lowest BCUT2D eigenvalue weighted by atomic mass is 10.1. The molecule has 0 aliphatic carbocycles. The van der Waals surface area contributed by atoms with Gasteiger partial charge in [0.1, 0.15) is 0 Å². The molecule has 0 aliphatic heterocycles. The molecule has 8 heteroatoms. The number of hydrogen-bond donors (Lipinski definition) is 2. The highest BCUT2D eigenvalue weighted by Gasteiger charge is 2.09. The number of rotatable bonds is 5. The van der Waals surface area contributed by atoms with Gasteiger partial charge in [0.15, 0.2) is 11.6 Å². The summed E-state index contributed by atoms with van der Waals surface area (Å²) < 4.78 is 48.1. The number of benzene rings is 2. The third kappa shape index (κ3) is 4.83. The molecule has 0 radical (unpaired) electrons. The molecule has 0 bridgehead atoms. The van der Waals surface area contributed by atoms with Crippen molar-refractivity contribution in [3.63, 3.8) is 0 Å². The maximum Gasteiger partial charge on any atom is 0.238 e. The van der Waals surface area contributed by atoms with Gasteiger partial charge in [-0.05, 0) is 36.2 Å². The van der Waals surface area contributed by atoms with Crippen molar-refractivity contribution in [3.8, 4) is 0 Å². The average Bonchev–Trinajstić information content (AvgIpc) is 2.48. The summed E-state index contributed by atoms with van der Waals surface area (Å²) in [5, 5.41) is 7.44. The van der Waals surface area contributed by atoms with Crippen LogP contribution in [0.25, 0.3) is 0 Å². The highest BCUT2D eigenvalue weighted by Crippen LogP contribution is 2.14. The molecule has 0 saturated heterocycles. The molecule has 0 heterocycles. The molecule has 1 amide bonds. The summed E-state index contributed by atoms with van der Waals surface area (Å²) in [7, 11) is -3.74. The molecule has 0 atom stereocenters. The van der Waals surface area contributed by atoms with Crippen LogP contribution >= 0.6 is 0 Å². The van der Waals surface area contributed by atoms with Crippen LogP contribution in [-0.2, 0) is 21.2 Å². The Kier molecular flexibility index (Phi) is 5.07. The van der Waals surface area contributed by atoms with E-state index in [2.05, 4.69) is 5.32 Å². The molecule has 2 rings (SSSR count). The number of halogens is 2. The first-order valence-corrected chi connectivity index (χ1v) is 8.17. The van der Waals surface area contributed by atoms with E-state index in [-0.39, 0.29) is 22.9 Å². The summed E-state index contributed by atoms with van der Waals surface area (Å²) in [6, 6.07) is 8.92. The number of sulfonamides is 1. The number of primary sulfonamides is 1. The van der Waals surface area contributed by atoms with Crippen molar-refractivity contribution < 1.29 is 22.0 Å². The molecule has 0 saturated carbocycles. The average molecular weight is 340 g/mol. The third-order valence-electron chi connectivity index (χ3n) is 3.10. The van der Waals surface area contributed by atoms with Gasteiger partial charge in [-0.1, -0.05) is 12.1 Å². The summed E-state index contributed by atoms with van der Waals surface area (Å²) in [5.41, 5.74) is 0.913. The van der Waals surface area contributed by atoms with Gasteiger partial charge < -0.3 is 5.32 Å². The van der Waals surface area contributed by atoms with Crippen LogP contribution < -0.4 is 10.5 Å². The number of carbonyl (C=O) groups is 1. The standard InChI is InChI=1S/C15H14F2N2O3S/c16-13-7-4-11(9-14(13)17)19-15(20)8-3-10-1-5-12(6-2-10)23(18,21)22/h1-2,4-7,9H,3,8H2,(H,19,20)(H2,18,21,22). The number of nitrogens with two attached hydrogens (primary N) is 1. The van der Waals surface area contributed by atoms with Crippen LogP contribution in [0.5, 0.6) is 0 Å².